The van der Waals surface area contributed by atoms with Gasteiger partial charge in [-0.25, -0.2) is 0 Å². The number of nitrogens with zero attached hydrogens (tertiary/aromatic N) is 1. The zero-order valence-corrected chi connectivity index (χ0v) is 16.9. The Balaban J connectivity index is 0.00000484. The lowest BCUT2D eigenvalue weighted by atomic mass is 9.87. The normalized spacial score (nSPS) is 15.8. The van der Waals surface area contributed by atoms with Gasteiger partial charge in [0.15, 0.2) is 5.96 Å². The maximum atomic E-state index is 11.8. The van der Waals surface area contributed by atoms with Crippen molar-refractivity contribution in [2.75, 3.05) is 19.6 Å². The Hall–Kier alpha value is -0.530. The minimum absolute atomic E-state index is 0. The smallest absolute Gasteiger partial charge is 0.220 e. The van der Waals surface area contributed by atoms with E-state index in [9.17, 15) is 4.79 Å². The topological polar surface area (TPSA) is 79.5 Å². The number of aliphatic imine (C=N–C) groups is 1. The van der Waals surface area contributed by atoms with E-state index in [1.807, 2.05) is 0 Å². The third kappa shape index (κ3) is 12.5. The predicted octanol–water partition coefficient (Wildman–Crippen LogP) is 3.18. The van der Waals surface area contributed by atoms with Gasteiger partial charge in [0.05, 0.1) is 0 Å². The largest absolute Gasteiger partial charge is 0.370 e. The van der Waals surface area contributed by atoms with Crippen LogP contribution in [0.4, 0.5) is 0 Å². The Labute approximate surface area is 158 Å². The molecule has 0 radical (unpaired) electrons. The molecule has 0 aromatic heterocycles. The molecule has 0 aliphatic heterocycles. The number of nitrogens with two attached hydrogens (primary N) is 1. The SMILES string of the molecule is CCCCCCN=C(N)NCCNC(=O)CC1CCCCC1.I. The van der Waals surface area contributed by atoms with Crippen LogP contribution in [0.15, 0.2) is 4.99 Å². The highest BCUT2D eigenvalue weighted by atomic mass is 127. The Bertz CT molecular complexity index is 331. The Kier molecular flexibility index (Phi) is 14.7. The van der Waals surface area contributed by atoms with E-state index in [0.29, 0.717) is 31.4 Å². The second kappa shape index (κ2) is 15.0. The molecule has 1 fully saturated rings. The number of rotatable bonds is 10. The van der Waals surface area contributed by atoms with Crippen molar-refractivity contribution in [3.05, 3.63) is 0 Å². The summed E-state index contributed by atoms with van der Waals surface area (Å²) in [4.78, 5) is 16.1. The van der Waals surface area contributed by atoms with Crippen molar-refractivity contribution in [3.63, 3.8) is 0 Å². The number of carbonyl (C=O) groups excluding carboxylic acids is 1. The summed E-state index contributed by atoms with van der Waals surface area (Å²) >= 11 is 0. The summed E-state index contributed by atoms with van der Waals surface area (Å²) in [6.07, 6.45) is 11.8. The quantitative estimate of drug-likeness (QED) is 0.212. The molecule has 6 heteroatoms. The molecule has 0 saturated heterocycles. The lowest BCUT2D eigenvalue weighted by molar-refractivity contribution is -0.122. The summed E-state index contributed by atoms with van der Waals surface area (Å²) in [5, 5.41) is 6.00. The van der Waals surface area contributed by atoms with Crippen LogP contribution in [0.2, 0.25) is 0 Å². The highest BCUT2D eigenvalue weighted by Gasteiger charge is 2.16. The molecule has 0 spiro atoms. The number of guanidine groups is 1. The van der Waals surface area contributed by atoms with Crippen molar-refractivity contribution in [3.8, 4) is 0 Å². The summed E-state index contributed by atoms with van der Waals surface area (Å²) < 4.78 is 0. The highest BCUT2D eigenvalue weighted by molar-refractivity contribution is 14.0. The minimum atomic E-state index is 0. The van der Waals surface area contributed by atoms with Crippen molar-refractivity contribution >= 4 is 35.8 Å². The zero-order chi connectivity index (χ0) is 16.0. The van der Waals surface area contributed by atoms with E-state index < -0.39 is 0 Å². The van der Waals surface area contributed by atoms with E-state index in [4.69, 9.17) is 5.73 Å². The first-order chi connectivity index (χ1) is 10.7. The third-order valence-electron chi connectivity index (χ3n) is 4.25. The second-order valence-corrected chi connectivity index (χ2v) is 6.31. The van der Waals surface area contributed by atoms with Crippen molar-refractivity contribution in [1.82, 2.24) is 10.6 Å². The van der Waals surface area contributed by atoms with Crippen LogP contribution >= 0.6 is 24.0 Å². The molecule has 23 heavy (non-hydrogen) atoms. The van der Waals surface area contributed by atoms with Crippen LogP contribution in [0.1, 0.15) is 71.1 Å². The number of hydrogen-bond acceptors (Lipinski definition) is 2. The number of amides is 1. The summed E-state index contributed by atoms with van der Waals surface area (Å²) in [6, 6.07) is 0. The van der Waals surface area contributed by atoms with E-state index in [-0.39, 0.29) is 29.9 Å². The molecule has 1 aliphatic rings. The molecule has 4 N–H and O–H groups in total. The summed E-state index contributed by atoms with van der Waals surface area (Å²) in [5.74, 6) is 1.25. The van der Waals surface area contributed by atoms with Gasteiger partial charge in [-0.15, -0.1) is 24.0 Å². The van der Waals surface area contributed by atoms with E-state index in [2.05, 4.69) is 22.5 Å². The van der Waals surface area contributed by atoms with Crippen LogP contribution < -0.4 is 16.4 Å². The second-order valence-electron chi connectivity index (χ2n) is 6.31. The minimum Gasteiger partial charge on any atom is -0.370 e. The van der Waals surface area contributed by atoms with E-state index in [0.717, 1.165) is 13.0 Å². The molecule has 0 atom stereocenters. The first-order valence-electron chi connectivity index (χ1n) is 9.03. The first kappa shape index (κ1) is 22.5. The van der Waals surface area contributed by atoms with Gasteiger partial charge in [-0.3, -0.25) is 9.79 Å². The van der Waals surface area contributed by atoms with E-state index in [1.165, 1.54) is 51.4 Å². The maximum Gasteiger partial charge on any atom is 0.220 e. The molecule has 1 amide bonds. The van der Waals surface area contributed by atoms with Crippen molar-refractivity contribution < 1.29 is 4.79 Å². The average Bonchev–Trinajstić information content (AvgIpc) is 2.52. The number of unbranched alkanes of at least 4 members (excludes halogenated alkanes) is 3. The number of carbonyl (C=O) groups is 1. The molecule has 1 aliphatic carbocycles. The van der Waals surface area contributed by atoms with Crippen LogP contribution in [-0.4, -0.2) is 31.5 Å². The van der Waals surface area contributed by atoms with Crippen LogP contribution in [0.25, 0.3) is 0 Å². The molecule has 0 aromatic rings. The monoisotopic (exact) mass is 438 g/mol. The van der Waals surface area contributed by atoms with Gasteiger partial charge in [0, 0.05) is 26.1 Å². The van der Waals surface area contributed by atoms with Crippen LogP contribution in [0, 0.1) is 5.92 Å². The van der Waals surface area contributed by atoms with Crippen molar-refractivity contribution in [2.24, 2.45) is 16.6 Å². The molecule has 1 saturated carbocycles. The van der Waals surface area contributed by atoms with Gasteiger partial charge in [-0.05, 0) is 25.2 Å². The third-order valence-corrected chi connectivity index (χ3v) is 4.25. The number of nitrogens with one attached hydrogen (secondary N) is 2. The summed E-state index contributed by atoms with van der Waals surface area (Å²) in [7, 11) is 0. The van der Waals surface area contributed by atoms with Gasteiger partial charge >= 0.3 is 0 Å². The van der Waals surface area contributed by atoms with Crippen molar-refractivity contribution in [2.45, 2.75) is 71.1 Å². The van der Waals surface area contributed by atoms with Gasteiger partial charge < -0.3 is 16.4 Å². The van der Waals surface area contributed by atoms with Crippen LogP contribution in [-0.2, 0) is 4.79 Å². The fraction of sp³-hybridized carbons (Fsp3) is 0.882. The Morgan fingerprint density at radius 3 is 2.48 bits per heavy atom. The fourth-order valence-electron chi connectivity index (χ4n) is 2.91. The van der Waals surface area contributed by atoms with Gasteiger partial charge in [0.25, 0.3) is 0 Å². The highest BCUT2D eigenvalue weighted by Crippen LogP contribution is 2.25. The lowest BCUT2D eigenvalue weighted by Crippen LogP contribution is -2.38. The summed E-state index contributed by atoms with van der Waals surface area (Å²) in [5.41, 5.74) is 5.78. The zero-order valence-electron chi connectivity index (χ0n) is 14.6. The summed E-state index contributed by atoms with van der Waals surface area (Å²) in [6.45, 7) is 4.23. The molecule has 136 valence electrons. The van der Waals surface area contributed by atoms with Crippen LogP contribution in [0.3, 0.4) is 0 Å². The molecule has 0 unspecified atom stereocenters. The Morgan fingerprint density at radius 2 is 1.78 bits per heavy atom. The molecular formula is C17H35IN4O. The first-order valence-corrected chi connectivity index (χ1v) is 9.03. The van der Waals surface area contributed by atoms with Gasteiger partial charge in [0.1, 0.15) is 0 Å². The molecular weight excluding hydrogens is 403 g/mol. The molecule has 0 bridgehead atoms. The van der Waals surface area contributed by atoms with Gasteiger partial charge in [0.2, 0.25) is 5.91 Å². The van der Waals surface area contributed by atoms with E-state index >= 15 is 0 Å². The van der Waals surface area contributed by atoms with Crippen LogP contribution in [0.5, 0.6) is 0 Å². The fourth-order valence-corrected chi connectivity index (χ4v) is 2.91. The molecule has 1 rings (SSSR count). The average molecular weight is 438 g/mol. The number of halogens is 1. The van der Waals surface area contributed by atoms with E-state index in [1.54, 1.807) is 0 Å². The predicted molar refractivity (Wildman–Crippen MR) is 108 cm³/mol. The Morgan fingerprint density at radius 1 is 1.09 bits per heavy atom. The van der Waals surface area contributed by atoms with Gasteiger partial charge in [-0.2, -0.15) is 0 Å². The standard InChI is InChI=1S/C17H34N4O.HI/c1-2-3-4-8-11-20-17(18)21-13-12-19-16(22)14-15-9-6-5-7-10-15;/h15H,2-14H2,1H3,(H,19,22)(H3,18,20,21);1H. The van der Waals surface area contributed by atoms with Gasteiger partial charge in [-0.1, -0.05) is 45.4 Å². The molecule has 0 heterocycles. The lowest BCUT2D eigenvalue weighted by Gasteiger charge is -2.20. The molecule has 5 nitrogen and oxygen atoms in total. The maximum absolute atomic E-state index is 11.8. The number of hydrogen-bond donors (Lipinski definition) is 3. The molecule has 0 aromatic carbocycles. The van der Waals surface area contributed by atoms with Crippen molar-refractivity contribution in [1.29, 1.82) is 0 Å².